The van der Waals surface area contributed by atoms with Crippen LogP contribution in [0.5, 0.6) is 0 Å². The smallest absolute Gasteiger partial charge is 0.266 e. The fourth-order valence-corrected chi connectivity index (χ4v) is 4.17. The number of para-hydroxylation sites is 1. The van der Waals surface area contributed by atoms with Gasteiger partial charge in [0.2, 0.25) is 0 Å². The van der Waals surface area contributed by atoms with Crippen LogP contribution in [-0.4, -0.2) is 19.6 Å². The molecule has 0 bridgehead atoms. The highest BCUT2D eigenvalue weighted by molar-refractivity contribution is 5.86. The molecule has 2 aromatic heterocycles. The summed E-state index contributed by atoms with van der Waals surface area (Å²) in [5.41, 5.74) is 5.16. The van der Waals surface area contributed by atoms with Gasteiger partial charge >= 0.3 is 0 Å². The molecule has 0 amide bonds. The van der Waals surface area contributed by atoms with Gasteiger partial charge in [0.1, 0.15) is 5.82 Å². The Hall–Kier alpha value is -3.70. The number of aromatic amines is 1. The third-order valence-electron chi connectivity index (χ3n) is 6.21. The Bertz CT molecular complexity index is 1480. The molecule has 5 rings (SSSR count). The molecule has 5 nitrogen and oxygen atoms in total. The zero-order valence-electron chi connectivity index (χ0n) is 18.2. The van der Waals surface area contributed by atoms with Crippen LogP contribution in [0.4, 0.5) is 0 Å². The van der Waals surface area contributed by atoms with Crippen molar-refractivity contribution in [2.24, 2.45) is 0 Å². The summed E-state index contributed by atoms with van der Waals surface area (Å²) in [5.74, 6) is 1.06. The highest BCUT2D eigenvalue weighted by Gasteiger charge is 2.16. The Morgan fingerprint density at radius 1 is 1.03 bits per heavy atom. The fourth-order valence-electron chi connectivity index (χ4n) is 4.17. The number of benzene rings is 3. The monoisotopic (exact) mass is 423 g/mol. The lowest BCUT2D eigenvalue weighted by molar-refractivity contribution is 0.278. The first kappa shape index (κ1) is 20.2. The lowest BCUT2D eigenvalue weighted by Crippen LogP contribution is -2.22. The zero-order chi connectivity index (χ0) is 22.2. The molecule has 1 atom stereocenters. The van der Waals surface area contributed by atoms with Crippen LogP contribution >= 0.6 is 0 Å². The molecule has 1 unspecified atom stereocenters. The third-order valence-corrected chi connectivity index (χ3v) is 6.21. The Balaban J connectivity index is 1.75. The molecule has 2 heterocycles. The minimum absolute atomic E-state index is 0.0501. The van der Waals surface area contributed by atoms with Crippen LogP contribution in [0.2, 0.25) is 0 Å². The highest BCUT2D eigenvalue weighted by atomic mass is 16.3. The molecule has 0 saturated heterocycles. The van der Waals surface area contributed by atoms with Crippen molar-refractivity contribution in [3.05, 3.63) is 94.4 Å². The number of hydrogen-bond donors (Lipinski definition) is 2. The predicted octanol–water partition coefficient (Wildman–Crippen LogP) is 5.54. The van der Waals surface area contributed by atoms with Crippen LogP contribution in [0, 0.1) is 0 Å². The summed E-state index contributed by atoms with van der Waals surface area (Å²) in [6.07, 6.45) is 1.06. The molecule has 0 aliphatic carbocycles. The highest BCUT2D eigenvalue weighted by Crippen LogP contribution is 2.27. The quantitative estimate of drug-likeness (QED) is 0.390. The Morgan fingerprint density at radius 3 is 2.56 bits per heavy atom. The van der Waals surface area contributed by atoms with Crippen molar-refractivity contribution < 1.29 is 5.11 Å². The van der Waals surface area contributed by atoms with Crippen molar-refractivity contribution in [3.8, 4) is 17.1 Å². The molecule has 32 heavy (non-hydrogen) atoms. The molecule has 3 aromatic carbocycles. The summed E-state index contributed by atoms with van der Waals surface area (Å²) in [6, 6.07) is 23.5. The summed E-state index contributed by atoms with van der Waals surface area (Å²) >= 11 is 0. The molecule has 0 spiro atoms. The van der Waals surface area contributed by atoms with Gasteiger partial charge in [0.15, 0.2) is 0 Å². The van der Waals surface area contributed by atoms with Crippen LogP contribution in [0.3, 0.4) is 0 Å². The SMILES string of the molecule is CCC(C)c1ccc(-n2c(-c3ccc4[nH]c(CO)cc4c3)nc3ccccc3c2=O)cc1. The maximum Gasteiger partial charge on any atom is 0.266 e. The number of aliphatic hydroxyl groups excluding tert-OH is 1. The molecule has 0 aliphatic heterocycles. The van der Waals surface area contributed by atoms with Gasteiger partial charge in [0, 0.05) is 22.2 Å². The maximum atomic E-state index is 13.6. The van der Waals surface area contributed by atoms with Gasteiger partial charge in [-0.2, -0.15) is 0 Å². The van der Waals surface area contributed by atoms with E-state index in [1.165, 1.54) is 5.56 Å². The summed E-state index contributed by atoms with van der Waals surface area (Å²) in [4.78, 5) is 21.7. The lowest BCUT2D eigenvalue weighted by Gasteiger charge is -2.15. The van der Waals surface area contributed by atoms with E-state index >= 15 is 0 Å². The van der Waals surface area contributed by atoms with E-state index in [0.29, 0.717) is 22.6 Å². The van der Waals surface area contributed by atoms with Gasteiger partial charge in [-0.25, -0.2) is 4.98 Å². The van der Waals surface area contributed by atoms with Crippen LogP contribution in [0.1, 0.15) is 37.4 Å². The normalized spacial score (nSPS) is 12.5. The number of nitrogens with one attached hydrogen (secondary N) is 1. The van der Waals surface area contributed by atoms with E-state index in [4.69, 9.17) is 4.98 Å². The number of aliphatic hydroxyl groups is 1. The second-order valence-corrected chi connectivity index (χ2v) is 8.25. The van der Waals surface area contributed by atoms with Crippen LogP contribution in [0.15, 0.2) is 77.6 Å². The van der Waals surface area contributed by atoms with Gasteiger partial charge in [-0.3, -0.25) is 9.36 Å². The van der Waals surface area contributed by atoms with E-state index in [-0.39, 0.29) is 12.2 Å². The molecule has 5 heteroatoms. The predicted molar refractivity (Wildman–Crippen MR) is 129 cm³/mol. The minimum Gasteiger partial charge on any atom is -0.390 e. The first-order valence-electron chi connectivity index (χ1n) is 10.9. The van der Waals surface area contributed by atoms with Crippen LogP contribution in [0.25, 0.3) is 38.9 Å². The summed E-state index contributed by atoms with van der Waals surface area (Å²) in [6.45, 7) is 4.33. The van der Waals surface area contributed by atoms with Crippen molar-refractivity contribution >= 4 is 21.8 Å². The number of nitrogens with zero attached hydrogens (tertiary/aromatic N) is 2. The topological polar surface area (TPSA) is 70.9 Å². The van der Waals surface area contributed by atoms with Gasteiger partial charge in [-0.15, -0.1) is 0 Å². The zero-order valence-corrected chi connectivity index (χ0v) is 18.2. The second-order valence-electron chi connectivity index (χ2n) is 8.25. The maximum absolute atomic E-state index is 13.6. The van der Waals surface area contributed by atoms with Crippen molar-refractivity contribution in [3.63, 3.8) is 0 Å². The average molecular weight is 424 g/mol. The van der Waals surface area contributed by atoms with Gasteiger partial charge in [0.25, 0.3) is 5.56 Å². The van der Waals surface area contributed by atoms with E-state index in [2.05, 4.69) is 31.0 Å². The fraction of sp³-hybridized carbons (Fsp3) is 0.185. The Labute approximate surface area is 186 Å². The number of H-pyrrole nitrogens is 1. The average Bonchev–Trinajstić information content (AvgIpc) is 3.26. The summed E-state index contributed by atoms with van der Waals surface area (Å²) < 4.78 is 1.70. The van der Waals surface area contributed by atoms with E-state index in [9.17, 15) is 9.90 Å². The number of fused-ring (bicyclic) bond motifs is 2. The lowest BCUT2D eigenvalue weighted by atomic mass is 9.98. The van der Waals surface area contributed by atoms with E-state index in [1.54, 1.807) is 4.57 Å². The van der Waals surface area contributed by atoms with Gasteiger partial charge in [0.05, 0.1) is 23.2 Å². The molecule has 0 saturated carbocycles. The molecular weight excluding hydrogens is 398 g/mol. The molecule has 0 aliphatic rings. The van der Waals surface area contributed by atoms with E-state index in [1.807, 2.05) is 60.7 Å². The van der Waals surface area contributed by atoms with Crippen LogP contribution in [-0.2, 0) is 6.61 Å². The van der Waals surface area contributed by atoms with E-state index < -0.39 is 0 Å². The van der Waals surface area contributed by atoms with Crippen molar-refractivity contribution in [1.29, 1.82) is 0 Å². The molecular formula is C27H25N3O2. The molecule has 0 radical (unpaired) electrons. The van der Waals surface area contributed by atoms with Crippen LogP contribution < -0.4 is 5.56 Å². The number of rotatable bonds is 5. The molecule has 2 N–H and O–H groups in total. The largest absolute Gasteiger partial charge is 0.390 e. The third kappa shape index (κ3) is 3.41. The number of hydrogen-bond acceptors (Lipinski definition) is 3. The van der Waals surface area contributed by atoms with Crippen molar-refractivity contribution in [2.75, 3.05) is 0 Å². The number of aromatic nitrogens is 3. The van der Waals surface area contributed by atoms with Crippen molar-refractivity contribution in [1.82, 2.24) is 14.5 Å². The van der Waals surface area contributed by atoms with E-state index in [0.717, 1.165) is 34.3 Å². The Morgan fingerprint density at radius 2 is 1.81 bits per heavy atom. The molecule has 5 aromatic rings. The van der Waals surface area contributed by atoms with Crippen molar-refractivity contribution in [2.45, 2.75) is 32.8 Å². The van der Waals surface area contributed by atoms with Gasteiger partial charge in [-0.1, -0.05) is 38.1 Å². The second kappa shape index (κ2) is 8.09. The standard InChI is InChI=1S/C27H25N3O2/c1-3-17(2)18-8-11-22(12-9-18)30-26(29-25-7-5-4-6-23(25)27(30)32)19-10-13-24-20(14-19)15-21(16-31)28-24/h4-15,17,28,31H,3,16H2,1-2H3. The first-order chi connectivity index (χ1) is 15.6. The molecule has 0 fully saturated rings. The van der Waals surface area contributed by atoms with Gasteiger partial charge in [-0.05, 0) is 66.4 Å². The summed E-state index contributed by atoms with van der Waals surface area (Å²) in [7, 11) is 0. The first-order valence-corrected chi connectivity index (χ1v) is 10.9. The summed E-state index contributed by atoms with van der Waals surface area (Å²) in [5, 5.41) is 11.0. The molecule has 160 valence electrons. The van der Waals surface area contributed by atoms with Gasteiger partial charge < -0.3 is 10.1 Å². The Kier molecular flexibility index (Phi) is 5.11. The minimum atomic E-state index is -0.0906.